The van der Waals surface area contributed by atoms with Crippen molar-refractivity contribution in [1.82, 2.24) is 5.32 Å². The molecule has 0 aliphatic rings. The molecule has 8 N–H and O–H groups in total. The highest BCUT2D eigenvalue weighted by atomic mass is 32.2. The molecule has 0 radical (unpaired) electrons. The summed E-state index contributed by atoms with van der Waals surface area (Å²) in [5.74, 6) is -0.927. The van der Waals surface area contributed by atoms with Crippen LogP contribution in [0.5, 0.6) is 0 Å². The van der Waals surface area contributed by atoms with Crippen LogP contribution in [0.2, 0.25) is 0 Å². The Labute approximate surface area is 144 Å². The van der Waals surface area contributed by atoms with Gasteiger partial charge in [0.1, 0.15) is 5.88 Å². The van der Waals surface area contributed by atoms with Gasteiger partial charge in [0, 0.05) is 0 Å². The molecule has 1 rings (SSSR count). The molecule has 1 aromatic carbocycles. The summed E-state index contributed by atoms with van der Waals surface area (Å²) >= 11 is 0. The molecule has 1 unspecified atom stereocenters. The molecule has 0 aliphatic carbocycles. The summed E-state index contributed by atoms with van der Waals surface area (Å²) in [5.41, 5.74) is 5.26. The summed E-state index contributed by atoms with van der Waals surface area (Å²) in [4.78, 5) is 36.9. The lowest BCUT2D eigenvalue weighted by molar-refractivity contribution is 0.0940. The molecular formula is C11H20N2O9P2S. The van der Waals surface area contributed by atoms with Crippen LogP contribution in [0, 0.1) is 0 Å². The van der Waals surface area contributed by atoms with Crippen molar-refractivity contribution in [1.29, 1.82) is 0 Å². The van der Waals surface area contributed by atoms with Crippen LogP contribution < -0.4 is 11.1 Å². The Balaban J connectivity index is 3.20. The molecule has 11 nitrogen and oxygen atoms in total. The second-order valence-corrected chi connectivity index (χ2v) is 11.1. The number of nitrogens with one attached hydrogen (secondary N) is 1. The van der Waals surface area contributed by atoms with Crippen molar-refractivity contribution in [2.24, 2.45) is 5.73 Å². The zero-order chi connectivity index (χ0) is 19.5. The van der Waals surface area contributed by atoms with Gasteiger partial charge in [0.2, 0.25) is 0 Å². The monoisotopic (exact) mass is 418 g/mol. The van der Waals surface area contributed by atoms with Crippen LogP contribution in [0.3, 0.4) is 0 Å². The number of rotatable bonds is 9. The van der Waals surface area contributed by atoms with Crippen LogP contribution in [0.15, 0.2) is 35.2 Å². The highest BCUT2D eigenvalue weighted by molar-refractivity contribution is 7.91. The van der Waals surface area contributed by atoms with Crippen molar-refractivity contribution < 1.29 is 42.2 Å². The first-order valence-corrected chi connectivity index (χ1v) is 11.7. The van der Waals surface area contributed by atoms with E-state index >= 15 is 0 Å². The summed E-state index contributed by atoms with van der Waals surface area (Å²) in [6.45, 7) is -0.328. The third-order valence-electron chi connectivity index (χ3n) is 3.40. The molecule has 0 bridgehead atoms. The Bertz CT molecular complexity index is 752. The molecule has 1 aromatic rings. The van der Waals surface area contributed by atoms with Gasteiger partial charge in [0.25, 0.3) is 5.08 Å². The van der Waals surface area contributed by atoms with Crippen molar-refractivity contribution in [2.45, 2.75) is 22.4 Å². The summed E-state index contributed by atoms with van der Waals surface area (Å²) < 4.78 is 47.5. The van der Waals surface area contributed by atoms with Crippen LogP contribution in [0.1, 0.15) is 6.42 Å². The maximum absolute atomic E-state index is 12.2. The highest BCUT2D eigenvalue weighted by Crippen LogP contribution is 2.69. The van der Waals surface area contributed by atoms with E-state index in [1.165, 1.54) is 24.3 Å². The molecule has 14 heteroatoms. The lowest BCUT2D eigenvalue weighted by Gasteiger charge is -2.36. The Morgan fingerprint density at radius 1 is 1.08 bits per heavy atom. The van der Waals surface area contributed by atoms with Gasteiger partial charge in [-0.2, -0.15) is 0 Å². The predicted molar refractivity (Wildman–Crippen MR) is 88.1 cm³/mol. The average Bonchev–Trinajstić information content (AvgIpc) is 2.49. The van der Waals surface area contributed by atoms with Crippen molar-refractivity contribution in [3.8, 4) is 0 Å². The lowest BCUT2D eigenvalue weighted by atomic mass is 10.2. The molecule has 0 spiro atoms. The van der Waals surface area contributed by atoms with Crippen molar-refractivity contribution >= 4 is 25.0 Å². The number of hydrogen-bond donors (Lipinski definition) is 7. The first-order chi connectivity index (χ1) is 11.3. The quantitative estimate of drug-likeness (QED) is 0.235. The van der Waals surface area contributed by atoms with Gasteiger partial charge < -0.3 is 30.4 Å². The Morgan fingerprint density at radius 3 is 1.96 bits per heavy atom. The molecule has 1 atom stereocenters. The molecular weight excluding hydrogens is 398 g/mol. The van der Waals surface area contributed by atoms with Gasteiger partial charge >= 0.3 is 15.2 Å². The molecule has 0 aromatic heterocycles. The number of hydrogen-bond acceptors (Lipinski definition) is 7. The fraction of sp³-hybridized carbons (Fsp3) is 0.455. The van der Waals surface area contributed by atoms with Gasteiger partial charge in [-0.1, -0.05) is 18.2 Å². The average molecular weight is 418 g/mol. The Kier molecular flexibility index (Phi) is 7.10. The third kappa shape index (κ3) is 4.95. The molecule has 0 aliphatic heterocycles. The van der Waals surface area contributed by atoms with Gasteiger partial charge in [-0.05, 0) is 25.1 Å². The van der Waals surface area contributed by atoms with E-state index in [1.807, 2.05) is 0 Å². The summed E-state index contributed by atoms with van der Waals surface area (Å²) in [6, 6.07) is 5.04. The molecule has 0 saturated carbocycles. The summed E-state index contributed by atoms with van der Waals surface area (Å²) in [5, 5.41) is 8.40. The van der Waals surface area contributed by atoms with Gasteiger partial charge in [-0.15, -0.1) is 0 Å². The standard InChI is InChI=1S/C11H20N2O9P2S/c12-7-6-10(11(14,23(15,16)17)24(18,19)20)13-8-25(21,22)9-4-2-1-3-5-9/h1-5,10,13-14H,6-8,12H2,(H2,15,16,17)(H2,18,19,20). The van der Waals surface area contributed by atoms with Crippen LogP contribution in [-0.4, -0.2) is 56.6 Å². The second-order valence-electron chi connectivity index (χ2n) is 5.18. The van der Waals surface area contributed by atoms with Crippen molar-refractivity contribution in [2.75, 3.05) is 12.4 Å². The SMILES string of the molecule is NCCC(NCS(=O)(=O)c1ccccc1)C(O)(P(=O)(O)O)P(=O)(O)O. The highest BCUT2D eigenvalue weighted by Gasteiger charge is 2.64. The Morgan fingerprint density at radius 2 is 1.56 bits per heavy atom. The van der Waals surface area contributed by atoms with E-state index in [9.17, 15) is 42.2 Å². The predicted octanol–water partition coefficient (Wildman–Crippen LogP) is -1.27. The fourth-order valence-electron chi connectivity index (χ4n) is 2.10. The van der Waals surface area contributed by atoms with E-state index in [4.69, 9.17) is 5.73 Å². The van der Waals surface area contributed by atoms with E-state index in [0.717, 1.165) is 0 Å². The molecule has 0 heterocycles. The van der Waals surface area contributed by atoms with Gasteiger partial charge in [-0.3, -0.25) is 14.4 Å². The fourth-order valence-corrected chi connectivity index (χ4v) is 5.87. The molecule has 0 amide bonds. The van der Waals surface area contributed by atoms with E-state index in [0.29, 0.717) is 0 Å². The first kappa shape index (κ1) is 22.4. The molecule has 0 fully saturated rings. The number of aliphatic hydroxyl groups is 1. The number of nitrogens with two attached hydrogens (primary N) is 1. The van der Waals surface area contributed by atoms with Crippen molar-refractivity contribution in [3.05, 3.63) is 30.3 Å². The molecule has 25 heavy (non-hydrogen) atoms. The first-order valence-electron chi connectivity index (χ1n) is 6.82. The molecule has 144 valence electrons. The van der Waals surface area contributed by atoms with Crippen LogP contribution in [-0.2, 0) is 19.0 Å². The molecule has 0 saturated heterocycles. The topological polar surface area (TPSA) is 207 Å². The zero-order valence-corrected chi connectivity index (χ0v) is 15.4. The smallest absolute Gasteiger partial charge is 0.366 e. The minimum absolute atomic E-state index is 0.120. The zero-order valence-electron chi connectivity index (χ0n) is 12.8. The maximum Gasteiger partial charge on any atom is 0.371 e. The summed E-state index contributed by atoms with van der Waals surface area (Å²) in [7, 11) is -15.5. The lowest BCUT2D eigenvalue weighted by Crippen LogP contribution is -2.52. The van der Waals surface area contributed by atoms with E-state index < -0.39 is 48.5 Å². The van der Waals surface area contributed by atoms with Gasteiger partial charge in [0.15, 0.2) is 9.84 Å². The maximum atomic E-state index is 12.2. The second kappa shape index (κ2) is 7.93. The van der Waals surface area contributed by atoms with Gasteiger partial charge in [-0.25, -0.2) is 8.42 Å². The third-order valence-corrected chi connectivity index (χ3v) is 8.84. The van der Waals surface area contributed by atoms with Crippen LogP contribution in [0.4, 0.5) is 0 Å². The van der Waals surface area contributed by atoms with Gasteiger partial charge in [0.05, 0.1) is 10.9 Å². The number of sulfone groups is 1. The largest absolute Gasteiger partial charge is 0.371 e. The van der Waals surface area contributed by atoms with Crippen molar-refractivity contribution in [3.63, 3.8) is 0 Å². The number of benzene rings is 1. The Hall–Kier alpha value is -0.650. The van der Waals surface area contributed by atoms with E-state index in [1.54, 1.807) is 6.07 Å². The van der Waals surface area contributed by atoms with Crippen LogP contribution in [0.25, 0.3) is 0 Å². The van der Waals surface area contributed by atoms with Crippen LogP contribution >= 0.6 is 15.2 Å². The summed E-state index contributed by atoms with van der Waals surface area (Å²) in [6.07, 6.45) is -0.503. The minimum atomic E-state index is -5.77. The van der Waals surface area contributed by atoms with E-state index in [-0.39, 0.29) is 11.4 Å². The van der Waals surface area contributed by atoms with E-state index in [2.05, 4.69) is 5.32 Å². The normalized spacial score (nSPS) is 15.1. The minimum Gasteiger partial charge on any atom is -0.366 e.